The molecular formula is C18H24N8O3S2. The third-order valence-corrected chi connectivity index (χ3v) is 3.88. The van der Waals surface area contributed by atoms with Gasteiger partial charge in [0, 0.05) is 12.1 Å². The van der Waals surface area contributed by atoms with Crippen LogP contribution in [0.15, 0.2) is 39.6 Å². The number of hydrogen-bond acceptors (Lipinski definition) is 7. The molecular weight excluding hydrogens is 440 g/mol. The maximum Gasteiger partial charge on any atom is 0.322 e. The Morgan fingerprint density at radius 3 is 2.10 bits per heavy atom. The second-order valence-electron chi connectivity index (χ2n) is 5.88. The van der Waals surface area contributed by atoms with Crippen molar-refractivity contribution in [3.63, 3.8) is 0 Å². The van der Waals surface area contributed by atoms with E-state index in [2.05, 4.69) is 42.2 Å². The molecule has 11 nitrogen and oxygen atoms in total. The van der Waals surface area contributed by atoms with Crippen LogP contribution in [0.5, 0.6) is 0 Å². The normalized spacial score (nSPS) is 11.6. The number of rotatable bonds is 9. The molecule has 0 bridgehead atoms. The number of carboxylic acids is 1. The summed E-state index contributed by atoms with van der Waals surface area (Å²) in [5.74, 6) is -1.58. The lowest BCUT2D eigenvalue weighted by Crippen LogP contribution is -2.33. The van der Waals surface area contributed by atoms with Gasteiger partial charge in [0.2, 0.25) is 5.11 Å². The molecule has 0 saturated carbocycles. The molecule has 166 valence electrons. The van der Waals surface area contributed by atoms with Gasteiger partial charge in [0.1, 0.15) is 6.54 Å². The smallest absolute Gasteiger partial charge is 0.322 e. The molecule has 31 heavy (non-hydrogen) atoms. The first-order chi connectivity index (χ1) is 14.7. The van der Waals surface area contributed by atoms with Gasteiger partial charge in [-0.05, 0) is 62.9 Å². The van der Waals surface area contributed by atoms with E-state index in [4.69, 9.17) is 29.5 Å². The van der Waals surface area contributed by atoms with Gasteiger partial charge in [0.05, 0.1) is 17.6 Å². The highest BCUT2D eigenvalue weighted by Gasteiger charge is 2.06. The molecule has 1 rings (SSSR count). The van der Waals surface area contributed by atoms with Crippen molar-refractivity contribution < 1.29 is 14.7 Å². The number of hydrazone groups is 3. The second-order valence-corrected chi connectivity index (χ2v) is 6.69. The quantitative estimate of drug-likeness (QED) is 0.175. The first kappa shape index (κ1) is 25.6. The SMILES string of the molecule is CCNC(=S)N/N=C(C)/C(C)=N/NC(=S)N/N=C/c1ccc(C(=O)NCC(=O)O)cc1. The zero-order chi connectivity index (χ0) is 23.2. The van der Waals surface area contributed by atoms with Gasteiger partial charge in [-0.1, -0.05) is 12.1 Å². The second kappa shape index (κ2) is 13.7. The largest absolute Gasteiger partial charge is 0.480 e. The molecule has 13 heteroatoms. The van der Waals surface area contributed by atoms with Crippen molar-refractivity contribution in [1.29, 1.82) is 0 Å². The Bertz CT molecular complexity index is 898. The van der Waals surface area contributed by atoms with Crippen molar-refractivity contribution in [2.45, 2.75) is 20.8 Å². The third-order valence-electron chi connectivity index (χ3n) is 3.46. The van der Waals surface area contributed by atoms with Crippen LogP contribution in [0.1, 0.15) is 36.7 Å². The number of nitrogens with one attached hydrogen (secondary N) is 5. The number of nitrogens with zero attached hydrogens (tertiary/aromatic N) is 3. The highest BCUT2D eigenvalue weighted by Crippen LogP contribution is 2.02. The van der Waals surface area contributed by atoms with E-state index < -0.39 is 18.4 Å². The average molecular weight is 465 g/mol. The van der Waals surface area contributed by atoms with Crippen molar-refractivity contribution >= 4 is 64.2 Å². The highest BCUT2D eigenvalue weighted by molar-refractivity contribution is 7.80. The fraction of sp³-hybridized carbons (Fsp3) is 0.278. The maximum absolute atomic E-state index is 11.8. The summed E-state index contributed by atoms with van der Waals surface area (Å²) in [5.41, 5.74) is 10.2. The van der Waals surface area contributed by atoms with Gasteiger partial charge in [0.15, 0.2) is 5.11 Å². The van der Waals surface area contributed by atoms with E-state index in [9.17, 15) is 9.59 Å². The number of carbonyl (C=O) groups excluding carboxylic acids is 1. The highest BCUT2D eigenvalue weighted by atomic mass is 32.1. The van der Waals surface area contributed by atoms with Crippen LogP contribution in [0.2, 0.25) is 0 Å². The molecule has 0 saturated heterocycles. The van der Waals surface area contributed by atoms with Crippen LogP contribution >= 0.6 is 24.4 Å². The Hall–Kier alpha value is -3.45. The van der Waals surface area contributed by atoms with Crippen LogP contribution in [0.25, 0.3) is 0 Å². The fourth-order valence-electron chi connectivity index (χ4n) is 1.80. The number of thiocarbonyl (C=S) groups is 2. The van der Waals surface area contributed by atoms with Gasteiger partial charge in [-0.25, -0.2) is 0 Å². The van der Waals surface area contributed by atoms with E-state index >= 15 is 0 Å². The van der Waals surface area contributed by atoms with E-state index in [1.54, 1.807) is 38.1 Å². The summed E-state index contributed by atoms with van der Waals surface area (Å²) >= 11 is 10.1. The Morgan fingerprint density at radius 1 is 0.968 bits per heavy atom. The Morgan fingerprint density at radius 2 is 1.55 bits per heavy atom. The van der Waals surface area contributed by atoms with E-state index in [1.807, 2.05) is 6.92 Å². The Kier molecular flexibility index (Phi) is 11.3. The molecule has 0 unspecified atom stereocenters. The molecule has 0 aliphatic carbocycles. The number of hydrogen-bond donors (Lipinski definition) is 6. The van der Waals surface area contributed by atoms with Gasteiger partial charge < -0.3 is 15.7 Å². The number of carboxylic acid groups (broad SMARTS) is 1. The molecule has 0 aromatic heterocycles. The molecule has 6 N–H and O–H groups in total. The molecule has 0 heterocycles. The molecule has 0 spiro atoms. The lowest BCUT2D eigenvalue weighted by Gasteiger charge is -2.06. The summed E-state index contributed by atoms with van der Waals surface area (Å²) < 4.78 is 0. The summed E-state index contributed by atoms with van der Waals surface area (Å²) in [7, 11) is 0. The molecule has 1 aromatic rings. The van der Waals surface area contributed by atoms with Crippen molar-refractivity contribution in [1.82, 2.24) is 26.9 Å². The van der Waals surface area contributed by atoms with Crippen LogP contribution in [0.3, 0.4) is 0 Å². The van der Waals surface area contributed by atoms with Crippen LogP contribution in [-0.2, 0) is 4.79 Å². The van der Waals surface area contributed by atoms with Crippen LogP contribution < -0.4 is 26.9 Å². The Labute approximate surface area is 190 Å². The van der Waals surface area contributed by atoms with Crippen LogP contribution in [0.4, 0.5) is 0 Å². The predicted octanol–water partition coefficient (Wildman–Crippen LogP) is 0.535. The van der Waals surface area contributed by atoms with Gasteiger partial charge in [0.25, 0.3) is 5.91 Å². The predicted molar refractivity (Wildman–Crippen MR) is 129 cm³/mol. The number of amides is 1. The fourth-order valence-corrected chi connectivity index (χ4v) is 2.09. The minimum absolute atomic E-state index is 0.171. The molecule has 0 radical (unpaired) electrons. The topological polar surface area (TPSA) is 152 Å². The van der Waals surface area contributed by atoms with E-state index in [-0.39, 0.29) is 5.11 Å². The maximum atomic E-state index is 11.8. The molecule has 1 amide bonds. The summed E-state index contributed by atoms with van der Waals surface area (Å²) in [4.78, 5) is 22.2. The summed E-state index contributed by atoms with van der Waals surface area (Å²) in [6.45, 7) is 5.70. The number of carbonyl (C=O) groups is 2. The van der Waals surface area contributed by atoms with Crippen molar-refractivity contribution in [2.24, 2.45) is 15.3 Å². The van der Waals surface area contributed by atoms with Gasteiger partial charge in [-0.3, -0.25) is 25.9 Å². The summed E-state index contributed by atoms with van der Waals surface area (Å²) in [5, 5.41) is 26.6. The zero-order valence-corrected chi connectivity index (χ0v) is 18.9. The van der Waals surface area contributed by atoms with E-state index in [1.165, 1.54) is 6.21 Å². The van der Waals surface area contributed by atoms with E-state index in [0.717, 1.165) is 0 Å². The first-order valence-corrected chi connectivity index (χ1v) is 9.86. The van der Waals surface area contributed by atoms with Crippen molar-refractivity contribution in [3.8, 4) is 0 Å². The van der Waals surface area contributed by atoms with Crippen molar-refractivity contribution in [3.05, 3.63) is 35.4 Å². The lowest BCUT2D eigenvalue weighted by molar-refractivity contribution is -0.135. The zero-order valence-electron chi connectivity index (χ0n) is 17.2. The number of benzene rings is 1. The van der Waals surface area contributed by atoms with Crippen LogP contribution in [-0.4, -0.2) is 57.9 Å². The summed E-state index contributed by atoms with van der Waals surface area (Å²) in [6.07, 6.45) is 1.50. The Balaban J connectivity index is 2.50. The first-order valence-electron chi connectivity index (χ1n) is 9.04. The average Bonchev–Trinajstić information content (AvgIpc) is 2.74. The lowest BCUT2D eigenvalue weighted by atomic mass is 10.1. The standard InChI is InChI=1S/C18H24N8O3S2/c1-4-19-17(30)25-22-11(2)12(3)23-26-18(31)24-21-9-13-5-7-14(8-6-13)16(29)20-10-15(27)28/h5-9H,4,10H2,1-3H3,(H,20,29)(H,27,28)(H2,19,25,30)(H2,24,26,31)/b21-9+,22-11+,23-12+. The monoisotopic (exact) mass is 464 g/mol. The minimum Gasteiger partial charge on any atom is -0.480 e. The third kappa shape index (κ3) is 10.8. The van der Waals surface area contributed by atoms with E-state index in [0.29, 0.717) is 34.2 Å². The molecule has 0 aliphatic rings. The van der Waals surface area contributed by atoms with Crippen molar-refractivity contribution in [2.75, 3.05) is 13.1 Å². The molecule has 0 fully saturated rings. The summed E-state index contributed by atoms with van der Waals surface area (Å²) in [6, 6.07) is 6.43. The molecule has 0 aliphatic heterocycles. The molecule has 1 aromatic carbocycles. The minimum atomic E-state index is -1.11. The van der Waals surface area contributed by atoms with Gasteiger partial charge >= 0.3 is 5.97 Å². The number of aliphatic carboxylic acids is 1. The van der Waals surface area contributed by atoms with Gasteiger partial charge in [-0.2, -0.15) is 15.3 Å². The van der Waals surface area contributed by atoms with Gasteiger partial charge in [-0.15, -0.1) is 0 Å². The van der Waals surface area contributed by atoms with Crippen LogP contribution in [0, 0.1) is 0 Å². The molecule has 0 atom stereocenters.